The number of carbonyl (C=O) groups excluding carboxylic acids is 1. The Balaban J connectivity index is 1.83. The average molecular weight is 351 g/mol. The first-order valence-electron chi connectivity index (χ1n) is 7.84. The number of ether oxygens (including phenoxy) is 2. The topological polar surface area (TPSA) is 77.8 Å². The number of amides is 1. The molecule has 0 fully saturated rings. The van der Waals surface area contributed by atoms with Crippen LogP contribution in [0.25, 0.3) is 17.0 Å². The largest absolute Gasteiger partial charge is 0.497 e. The molecule has 0 aliphatic carbocycles. The van der Waals surface area contributed by atoms with Gasteiger partial charge < -0.3 is 19.2 Å². The van der Waals surface area contributed by atoms with E-state index in [4.69, 9.17) is 13.9 Å². The molecule has 0 saturated heterocycles. The van der Waals surface area contributed by atoms with Crippen molar-refractivity contribution in [1.29, 1.82) is 0 Å². The number of carbonyl (C=O) groups is 1. The van der Waals surface area contributed by atoms with Crippen LogP contribution in [0.4, 0.5) is 5.69 Å². The number of hydrogen-bond donors (Lipinski definition) is 1. The summed E-state index contributed by atoms with van der Waals surface area (Å²) in [5, 5.41) is 3.18. The second kappa shape index (κ2) is 7.57. The van der Waals surface area contributed by atoms with Crippen molar-refractivity contribution in [2.24, 2.45) is 0 Å². The normalized spacial score (nSPS) is 10.8. The van der Waals surface area contributed by atoms with E-state index in [-0.39, 0.29) is 5.69 Å². The van der Waals surface area contributed by atoms with Gasteiger partial charge in [-0.15, -0.1) is 0 Å². The molecule has 132 valence electrons. The van der Waals surface area contributed by atoms with E-state index < -0.39 is 11.5 Å². The molecule has 0 aliphatic rings. The Bertz CT molecular complexity index is 1040. The predicted molar refractivity (Wildman–Crippen MR) is 99.7 cm³/mol. The van der Waals surface area contributed by atoms with Crippen molar-refractivity contribution in [2.75, 3.05) is 19.5 Å². The van der Waals surface area contributed by atoms with Gasteiger partial charge >= 0.3 is 5.63 Å². The van der Waals surface area contributed by atoms with Crippen molar-refractivity contribution in [2.45, 2.75) is 0 Å². The van der Waals surface area contributed by atoms with Crippen LogP contribution in [0.15, 0.2) is 63.8 Å². The van der Waals surface area contributed by atoms with Gasteiger partial charge in [-0.1, -0.05) is 18.2 Å². The van der Waals surface area contributed by atoms with Gasteiger partial charge in [-0.2, -0.15) is 0 Å². The molecule has 1 N–H and O–H groups in total. The first-order chi connectivity index (χ1) is 12.6. The molecule has 0 atom stereocenters. The van der Waals surface area contributed by atoms with Gasteiger partial charge in [0.15, 0.2) is 0 Å². The molecule has 2 aromatic carbocycles. The summed E-state index contributed by atoms with van der Waals surface area (Å²) in [6, 6.07) is 13.9. The molecule has 6 heteroatoms. The number of benzene rings is 2. The van der Waals surface area contributed by atoms with Gasteiger partial charge in [0.05, 0.1) is 14.2 Å². The van der Waals surface area contributed by atoms with Gasteiger partial charge in [-0.05, 0) is 36.4 Å². The zero-order valence-electron chi connectivity index (χ0n) is 14.3. The van der Waals surface area contributed by atoms with E-state index in [2.05, 4.69) is 5.32 Å². The van der Waals surface area contributed by atoms with Crippen LogP contribution in [0.2, 0.25) is 0 Å². The summed E-state index contributed by atoms with van der Waals surface area (Å²) < 4.78 is 15.6. The number of fused-ring (bicyclic) bond motifs is 1. The third kappa shape index (κ3) is 3.75. The monoisotopic (exact) mass is 351 g/mol. The summed E-state index contributed by atoms with van der Waals surface area (Å²) in [5.74, 6) is 0.819. The fourth-order valence-corrected chi connectivity index (χ4v) is 2.46. The Morgan fingerprint density at radius 3 is 2.65 bits per heavy atom. The maximum Gasteiger partial charge on any atom is 0.360 e. The van der Waals surface area contributed by atoms with Crippen molar-refractivity contribution >= 4 is 28.6 Å². The van der Waals surface area contributed by atoms with Crippen LogP contribution in [0.3, 0.4) is 0 Å². The minimum atomic E-state index is -0.623. The SMILES string of the molecule is COc1ccc2oc(=O)c(NC(=O)C=Cc3ccccc3OC)cc2c1. The van der Waals surface area contributed by atoms with Crippen LogP contribution in [-0.4, -0.2) is 20.1 Å². The zero-order valence-corrected chi connectivity index (χ0v) is 14.3. The Labute approximate surface area is 149 Å². The minimum Gasteiger partial charge on any atom is -0.497 e. The Morgan fingerprint density at radius 1 is 1.08 bits per heavy atom. The smallest absolute Gasteiger partial charge is 0.360 e. The number of para-hydroxylation sites is 1. The number of anilines is 1. The molecule has 1 amide bonds. The predicted octanol–water partition coefficient (Wildman–Crippen LogP) is 3.46. The molecule has 0 saturated carbocycles. The Morgan fingerprint density at radius 2 is 1.88 bits per heavy atom. The second-order valence-corrected chi connectivity index (χ2v) is 5.42. The summed E-state index contributed by atoms with van der Waals surface area (Å²) in [4.78, 5) is 24.2. The van der Waals surface area contributed by atoms with E-state index in [1.165, 1.54) is 6.08 Å². The van der Waals surface area contributed by atoms with Crippen molar-refractivity contribution in [3.05, 3.63) is 70.6 Å². The summed E-state index contributed by atoms with van der Waals surface area (Å²) in [5.41, 5.74) is 0.598. The zero-order chi connectivity index (χ0) is 18.5. The van der Waals surface area contributed by atoms with E-state index in [0.29, 0.717) is 22.5 Å². The third-order valence-corrected chi connectivity index (χ3v) is 3.75. The molecular formula is C20H17NO5. The van der Waals surface area contributed by atoms with E-state index in [1.54, 1.807) is 50.6 Å². The molecule has 26 heavy (non-hydrogen) atoms. The summed E-state index contributed by atoms with van der Waals surface area (Å²) >= 11 is 0. The average Bonchev–Trinajstić information content (AvgIpc) is 2.66. The molecule has 0 aliphatic heterocycles. The van der Waals surface area contributed by atoms with E-state index >= 15 is 0 Å². The Kier molecular flexibility index (Phi) is 5.03. The van der Waals surface area contributed by atoms with Crippen LogP contribution in [-0.2, 0) is 4.79 Å². The highest BCUT2D eigenvalue weighted by molar-refractivity contribution is 6.02. The van der Waals surface area contributed by atoms with Crippen molar-refractivity contribution in [3.8, 4) is 11.5 Å². The highest BCUT2D eigenvalue weighted by atomic mass is 16.5. The molecule has 6 nitrogen and oxygen atoms in total. The highest BCUT2D eigenvalue weighted by Gasteiger charge is 2.08. The van der Waals surface area contributed by atoms with Gasteiger partial charge in [-0.25, -0.2) is 4.79 Å². The lowest BCUT2D eigenvalue weighted by Crippen LogP contribution is -2.15. The molecule has 0 radical (unpaired) electrons. The fourth-order valence-electron chi connectivity index (χ4n) is 2.46. The number of hydrogen-bond acceptors (Lipinski definition) is 5. The number of rotatable bonds is 5. The molecule has 0 unspecified atom stereocenters. The van der Waals surface area contributed by atoms with Crippen molar-refractivity contribution < 1.29 is 18.7 Å². The molecule has 1 heterocycles. The second-order valence-electron chi connectivity index (χ2n) is 5.42. The molecule has 3 aromatic rings. The van der Waals surface area contributed by atoms with Crippen LogP contribution in [0.1, 0.15) is 5.56 Å². The molecule has 1 aromatic heterocycles. The summed E-state index contributed by atoms with van der Waals surface area (Å²) in [6.07, 6.45) is 2.94. The first-order valence-corrected chi connectivity index (χ1v) is 7.84. The van der Waals surface area contributed by atoms with E-state index in [1.807, 2.05) is 18.2 Å². The lowest BCUT2D eigenvalue weighted by atomic mass is 10.2. The van der Waals surface area contributed by atoms with Crippen molar-refractivity contribution in [1.82, 2.24) is 0 Å². The van der Waals surface area contributed by atoms with Crippen LogP contribution in [0, 0.1) is 0 Å². The third-order valence-electron chi connectivity index (χ3n) is 3.75. The summed E-state index contributed by atoms with van der Waals surface area (Å²) in [6.45, 7) is 0. The number of methoxy groups -OCH3 is 2. The van der Waals surface area contributed by atoms with Gasteiger partial charge in [0.25, 0.3) is 0 Å². The molecule has 0 spiro atoms. The fraction of sp³-hybridized carbons (Fsp3) is 0.100. The maximum atomic E-state index is 12.2. The van der Waals surface area contributed by atoms with Crippen LogP contribution in [0.5, 0.6) is 11.5 Å². The lowest BCUT2D eigenvalue weighted by Gasteiger charge is -2.05. The lowest BCUT2D eigenvalue weighted by molar-refractivity contribution is -0.111. The van der Waals surface area contributed by atoms with Crippen LogP contribution < -0.4 is 20.4 Å². The highest BCUT2D eigenvalue weighted by Crippen LogP contribution is 2.22. The quantitative estimate of drug-likeness (QED) is 0.563. The van der Waals surface area contributed by atoms with Gasteiger partial charge in [0.1, 0.15) is 22.8 Å². The van der Waals surface area contributed by atoms with Gasteiger partial charge in [0, 0.05) is 17.0 Å². The van der Waals surface area contributed by atoms with Gasteiger partial charge in [0.2, 0.25) is 5.91 Å². The van der Waals surface area contributed by atoms with Crippen LogP contribution >= 0.6 is 0 Å². The Hall–Kier alpha value is -3.54. The van der Waals surface area contributed by atoms with E-state index in [9.17, 15) is 9.59 Å². The maximum absolute atomic E-state index is 12.2. The first kappa shape index (κ1) is 17.3. The molecule has 0 bridgehead atoms. The van der Waals surface area contributed by atoms with E-state index in [0.717, 1.165) is 5.56 Å². The molecular weight excluding hydrogens is 334 g/mol. The van der Waals surface area contributed by atoms with Crippen molar-refractivity contribution in [3.63, 3.8) is 0 Å². The standard InChI is InChI=1S/C20H17NO5/c1-24-15-8-9-18-14(11-15)12-16(20(23)26-18)21-19(22)10-7-13-5-3-4-6-17(13)25-2/h3-12H,1-2H3,(H,21,22). The molecule has 3 rings (SSSR count). The summed E-state index contributed by atoms with van der Waals surface area (Å²) in [7, 11) is 3.10. The number of nitrogens with one attached hydrogen (secondary N) is 1. The van der Waals surface area contributed by atoms with Gasteiger partial charge in [-0.3, -0.25) is 4.79 Å². The minimum absolute atomic E-state index is 0.0560.